The quantitative estimate of drug-likeness (QED) is 0.802. The second-order valence-electron chi connectivity index (χ2n) is 4.90. The van der Waals surface area contributed by atoms with Gasteiger partial charge < -0.3 is 10.6 Å². The number of benzene rings is 2. The highest BCUT2D eigenvalue weighted by Crippen LogP contribution is 2.23. The molecule has 0 saturated heterocycles. The third-order valence-corrected chi connectivity index (χ3v) is 3.71. The minimum atomic E-state index is 0.0261. The molecule has 2 N–H and O–H groups in total. The van der Waals surface area contributed by atoms with Crippen LogP contribution in [0.5, 0.6) is 0 Å². The summed E-state index contributed by atoms with van der Waals surface area (Å²) in [5.41, 5.74) is 3.06. The molecular formula is C17H19BrN2O. The van der Waals surface area contributed by atoms with Crippen molar-refractivity contribution in [2.24, 2.45) is 0 Å². The van der Waals surface area contributed by atoms with Crippen molar-refractivity contribution >= 4 is 33.2 Å². The number of hydrogen-bond acceptors (Lipinski definition) is 2. The lowest BCUT2D eigenvalue weighted by Crippen LogP contribution is -2.10. The van der Waals surface area contributed by atoms with Crippen molar-refractivity contribution in [3.63, 3.8) is 0 Å². The number of carbonyl (C=O) groups excluding carboxylic acids is 1. The van der Waals surface area contributed by atoms with Crippen LogP contribution in [-0.2, 0) is 4.79 Å². The van der Waals surface area contributed by atoms with Crippen molar-refractivity contribution in [1.82, 2.24) is 0 Å². The Kier molecular flexibility index (Phi) is 5.39. The SMILES string of the molecule is CCC(=O)Nc1ccc(NC(C)c2cccc(Br)c2)cc1. The van der Waals surface area contributed by atoms with Gasteiger partial charge in [0.2, 0.25) is 5.91 Å². The summed E-state index contributed by atoms with van der Waals surface area (Å²) in [6.07, 6.45) is 0.486. The van der Waals surface area contributed by atoms with E-state index in [0.29, 0.717) is 6.42 Å². The largest absolute Gasteiger partial charge is 0.379 e. The molecule has 0 aliphatic heterocycles. The number of hydrogen-bond donors (Lipinski definition) is 2. The maximum atomic E-state index is 11.3. The summed E-state index contributed by atoms with van der Waals surface area (Å²) in [6, 6.07) is 16.2. The molecule has 0 aromatic heterocycles. The van der Waals surface area contributed by atoms with Gasteiger partial charge in [-0.05, 0) is 48.9 Å². The van der Waals surface area contributed by atoms with Crippen LogP contribution in [0, 0.1) is 0 Å². The fraction of sp³-hybridized carbons (Fsp3) is 0.235. The van der Waals surface area contributed by atoms with E-state index >= 15 is 0 Å². The van der Waals surface area contributed by atoms with Crippen LogP contribution in [0.2, 0.25) is 0 Å². The van der Waals surface area contributed by atoms with Crippen LogP contribution in [0.25, 0.3) is 0 Å². The van der Waals surface area contributed by atoms with E-state index < -0.39 is 0 Å². The summed E-state index contributed by atoms with van der Waals surface area (Å²) in [4.78, 5) is 11.3. The number of anilines is 2. The van der Waals surface area contributed by atoms with E-state index in [2.05, 4.69) is 45.6 Å². The highest BCUT2D eigenvalue weighted by molar-refractivity contribution is 9.10. The van der Waals surface area contributed by atoms with Crippen molar-refractivity contribution in [3.05, 3.63) is 58.6 Å². The van der Waals surface area contributed by atoms with Gasteiger partial charge in [0.25, 0.3) is 0 Å². The fourth-order valence-corrected chi connectivity index (χ4v) is 2.43. The average molecular weight is 347 g/mol. The van der Waals surface area contributed by atoms with Gasteiger partial charge in [0, 0.05) is 28.3 Å². The zero-order chi connectivity index (χ0) is 15.2. The predicted octanol–water partition coefficient (Wildman–Crippen LogP) is 4.97. The van der Waals surface area contributed by atoms with Crippen LogP contribution in [0.15, 0.2) is 53.0 Å². The molecule has 3 nitrogen and oxygen atoms in total. The lowest BCUT2D eigenvalue weighted by Gasteiger charge is -2.16. The highest BCUT2D eigenvalue weighted by atomic mass is 79.9. The van der Waals surface area contributed by atoms with E-state index in [1.807, 2.05) is 43.3 Å². The molecule has 2 aromatic carbocycles. The monoisotopic (exact) mass is 346 g/mol. The molecule has 1 amide bonds. The van der Waals surface area contributed by atoms with Crippen LogP contribution >= 0.6 is 15.9 Å². The molecule has 0 spiro atoms. The van der Waals surface area contributed by atoms with Gasteiger partial charge in [-0.1, -0.05) is 35.0 Å². The summed E-state index contributed by atoms with van der Waals surface area (Å²) in [6.45, 7) is 3.96. The molecule has 0 bridgehead atoms. The van der Waals surface area contributed by atoms with Crippen LogP contribution in [0.3, 0.4) is 0 Å². The Morgan fingerprint density at radius 3 is 2.43 bits per heavy atom. The van der Waals surface area contributed by atoms with Gasteiger partial charge in [0.1, 0.15) is 0 Å². The molecule has 0 aliphatic carbocycles. The van der Waals surface area contributed by atoms with E-state index in [1.165, 1.54) is 5.56 Å². The normalized spacial score (nSPS) is 11.8. The van der Waals surface area contributed by atoms with Gasteiger partial charge in [0.05, 0.1) is 0 Å². The molecule has 0 radical (unpaired) electrons. The van der Waals surface area contributed by atoms with E-state index in [4.69, 9.17) is 0 Å². The third kappa shape index (κ3) is 4.60. The Morgan fingerprint density at radius 2 is 1.81 bits per heavy atom. The molecule has 4 heteroatoms. The molecule has 21 heavy (non-hydrogen) atoms. The highest BCUT2D eigenvalue weighted by Gasteiger charge is 2.06. The smallest absolute Gasteiger partial charge is 0.224 e. The van der Waals surface area contributed by atoms with Crippen molar-refractivity contribution in [2.75, 3.05) is 10.6 Å². The lowest BCUT2D eigenvalue weighted by molar-refractivity contribution is -0.115. The molecule has 0 saturated carbocycles. The van der Waals surface area contributed by atoms with Crippen LogP contribution in [0.1, 0.15) is 31.9 Å². The van der Waals surface area contributed by atoms with Crippen molar-refractivity contribution in [3.8, 4) is 0 Å². The van der Waals surface area contributed by atoms with Gasteiger partial charge in [0.15, 0.2) is 0 Å². The molecule has 2 rings (SSSR count). The summed E-state index contributed by atoms with van der Waals surface area (Å²) in [5.74, 6) is 0.0261. The number of nitrogens with one attached hydrogen (secondary N) is 2. The first-order valence-corrected chi connectivity index (χ1v) is 7.79. The molecule has 2 aromatic rings. The molecule has 0 heterocycles. The average Bonchev–Trinajstić information content (AvgIpc) is 2.49. The zero-order valence-electron chi connectivity index (χ0n) is 12.2. The van der Waals surface area contributed by atoms with Crippen molar-refractivity contribution in [1.29, 1.82) is 0 Å². The molecule has 1 atom stereocenters. The van der Waals surface area contributed by atoms with Gasteiger partial charge in [-0.25, -0.2) is 0 Å². The van der Waals surface area contributed by atoms with Gasteiger partial charge in [-0.2, -0.15) is 0 Å². The molecule has 0 fully saturated rings. The minimum absolute atomic E-state index is 0.0261. The van der Waals surface area contributed by atoms with E-state index in [1.54, 1.807) is 0 Å². The fourth-order valence-electron chi connectivity index (χ4n) is 2.01. The van der Waals surface area contributed by atoms with Crippen LogP contribution in [0.4, 0.5) is 11.4 Å². The van der Waals surface area contributed by atoms with Crippen LogP contribution in [-0.4, -0.2) is 5.91 Å². The second-order valence-corrected chi connectivity index (χ2v) is 5.82. The maximum Gasteiger partial charge on any atom is 0.224 e. The maximum absolute atomic E-state index is 11.3. The Hall–Kier alpha value is -1.81. The molecule has 0 aliphatic rings. The summed E-state index contributed by atoms with van der Waals surface area (Å²) < 4.78 is 1.08. The van der Waals surface area contributed by atoms with Crippen LogP contribution < -0.4 is 10.6 Å². The topological polar surface area (TPSA) is 41.1 Å². The Bertz CT molecular complexity index is 610. The van der Waals surface area contributed by atoms with E-state index in [9.17, 15) is 4.79 Å². The summed E-state index contributed by atoms with van der Waals surface area (Å²) >= 11 is 3.49. The Labute approximate surface area is 133 Å². The second kappa shape index (κ2) is 7.27. The van der Waals surface area contributed by atoms with E-state index in [-0.39, 0.29) is 11.9 Å². The third-order valence-electron chi connectivity index (χ3n) is 3.22. The molecular weight excluding hydrogens is 328 g/mol. The van der Waals surface area contributed by atoms with Gasteiger partial charge in [-0.3, -0.25) is 4.79 Å². The minimum Gasteiger partial charge on any atom is -0.379 e. The predicted molar refractivity (Wildman–Crippen MR) is 91.5 cm³/mol. The summed E-state index contributed by atoms with van der Waals surface area (Å²) in [5, 5.41) is 6.28. The van der Waals surface area contributed by atoms with Crippen molar-refractivity contribution < 1.29 is 4.79 Å². The number of carbonyl (C=O) groups is 1. The van der Waals surface area contributed by atoms with Crippen molar-refractivity contribution in [2.45, 2.75) is 26.3 Å². The number of amides is 1. The lowest BCUT2D eigenvalue weighted by atomic mass is 10.1. The first-order valence-electron chi connectivity index (χ1n) is 7.00. The Morgan fingerprint density at radius 1 is 1.14 bits per heavy atom. The number of rotatable bonds is 5. The standard InChI is InChI=1S/C17H19BrN2O/c1-3-17(21)20-16-9-7-15(8-10-16)19-12(2)13-5-4-6-14(18)11-13/h4-12,19H,3H2,1-2H3,(H,20,21). The summed E-state index contributed by atoms with van der Waals surface area (Å²) in [7, 11) is 0. The molecule has 1 unspecified atom stereocenters. The van der Waals surface area contributed by atoms with Gasteiger partial charge >= 0.3 is 0 Å². The Balaban J connectivity index is 2.01. The first kappa shape index (κ1) is 15.6. The molecule has 110 valence electrons. The zero-order valence-corrected chi connectivity index (χ0v) is 13.8. The number of halogens is 1. The van der Waals surface area contributed by atoms with E-state index in [0.717, 1.165) is 15.8 Å². The van der Waals surface area contributed by atoms with Gasteiger partial charge in [-0.15, -0.1) is 0 Å². The first-order chi connectivity index (χ1) is 10.1.